The molecule has 1 aromatic rings. The van der Waals surface area contributed by atoms with Crippen LogP contribution in [0, 0.1) is 11.3 Å². The van der Waals surface area contributed by atoms with Crippen molar-refractivity contribution in [1.29, 1.82) is 0 Å². The normalized spacial score (nSPS) is 18.8. The van der Waals surface area contributed by atoms with Crippen molar-refractivity contribution in [1.82, 2.24) is 5.32 Å². The first-order chi connectivity index (χ1) is 9.65. The lowest BCUT2D eigenvalue weighted by molar-refractivity contribution is -0.135. The van der Waals surface area contributed by atoms with Crippen molar-refractivity contribution in [2.24, 2.45) is 11.3 Å². The molecule has 3 nitrogen and oxygen atoms in total. The maximum absolute atomic E-state index is 9.47. The van der Waals surface area contributed by atoms with Crippen LogP contribution in [0.3, 0.4) is 0 Å². The molecular weight excluding hydrogens is 270 g/mol. The van der Waals surface area contributed by atoms with Crippen molar-refractivity contribution < 1.29 is 9.84 Å². The average Bonchev–Trinajstić information content (AvgIpc) is 2.42. The van der Waals surface area contributed by atoms with Gasteiger partial charge in [0.1, 0.15) is 0 Å². The third-order valence-corrected chi connectivity index (χ3v) is 5.00. The van der Waals surface area contributed by atoms with Gasteiger partial charge in [0.2, 0.25) is 0 Å². The van der Waals surface area contributed by atoms with Gasteiger partial charge in [-0.05, 0) is 18.1 Å². The third kappa shape index (κ3) is 4.22. The summed E-state index contributed by atoms with van der Waals surface area (Å²) >= 11 is 1.88. The first-order valence-electron chi connectivity index (χ1n) is 7.25. The Labute approximate surface area is 126 Å². The number of aliphatic hydroxyl groups excluding tert-OH is 1. The maximum atomic E-state index is 9.47. The second kappa shape index (κ2) is 7.46. The zero-order valence-corrected chi connectivity index (χ0v) is 13.2. The number of rotatable bonds is 8. The fourth-order valence-corrected chi connectivity index (χ4v) is 3.40. The van der Waals surface area contributed by atoms with E-state index >= 15 is 0 Å². The Hall–Kier alpha value is -0.550. The lowest BCUT2D eigenvalue weighted by atomic mass is 9.86. The number of hydrogen-bond donors (Lipinski definition) is 2. The first-order valence-corrected chi connectivity index (χ1v) is 8.24. The van der Waals surface area contributed by atoms with Crippen molar-refractivity contribution in [3.05, 3.63) is 30.3 Å². The number of ether oxygens (including phenoxy) is 1. The zero-order valence-electron chi connectivity index (χ0n) is 12.3. The van der Waals surface area contributed by atoms with Gasteiger partial charge in [0.05, 0.1) is 25.2 Å². The molecule has 0 aliphatic carbocycles. The van der Waals surface area contributed by atoms with Gasteiger partial charge in [-0.15, -0.1) is 11.8 Å². The molecule has 2 rings (SSSR count). The van der Waals surface area contributed by atoms with Gasteiger partial charge in [-0.25, -0.2) is 0 Å². The highest BCUT2D eigenvalue weighted by molar-refractivity contribution is 7.99. The van der Waals surface area contributed by atoms with Crippen molar-refractivity contribution in [3.63, 3.8) is 0 Å². The van der Waals surface area contributed by atoms with Crippen molar-refractivity contribution >= 4 is 11.8 Å². The number of thioether (sulfide) groups is 1. The summed E-state index contributed by atoms with van der Waals surface area (Å²) in [7, 11) is 0. The van der Waals surface area contributed by atoms with Gasteiger partial charge in [-0.1, -0.05) is 32.0 Å². The minimum absolute atomic E-state index is 0.0510. The van der Waals surface area contributed by atoms with E-state index in [1.807, 2.05) is 17.8 Å². The molecule has 2 N–H and O–H groups in total. The highest BCUT2D eigenvalue weighted by Gasteiger charge is 2.38. The Morgan fingerprint density at radius 1 is 1.30 bits per heavy atom. The number of nitrogens with one attached hydrogen (secondary N) is 1. The quantitative estimate of drug-likeness (QED) is 0.723. The van der Waals surface area contributed by atoms with Crippen LogP contribution < -0.4 is 5.32 Å². The Morgan fingerprint density at radius 3 is 2.50 bits per heavy atom. The van der Waals surface area contributed by atoms with Gasteiger partial charge in [0.25, 0.3) is 0 Å². The van der Waals surface area contributed by atoms with E-state index in [9.17, 15) is 5.11 Å². The summed E-state index contributed by atoms with van der Waals surface area (Å²) in [5.74, 6) is 1.62. The van der Waals surface area contributed by atoms with E-state index in [1.54, 1.807) is 0 Å². The Balaban J connectivity index is 1.81. The molecule has 0 aromatic heterocycles. The van der Waals surface area contributed by atoms with Crippen LogP contribution in [0.2, 0.25) is 0 Å². The highest BCUT2D eigenvalue weighted by Crippen LogP contribution is 2.27. The molecule has 0 amide bonds. The molecule has 1 aliphatic heterocycles. The van der Waals surface area contributed by atoms with Crippen molar-refractivity contribution in [2.75, 3.05) is 32.1 Å². The lowest BCUT2D eigenvalue weighted by Gasteiger charge is -2.41. The Bertz CT molecular complexity index is 387. The zero-order chi connectivity index (χ0) is 14.4. The molecule has 1 fully saturated rings. The van der Waals surface area contributed by atoms with E-state index in [0.29, 0.717) is 25.2 Å². The number of aliphatic hydroxyl groups is 1. The molecule has 0 saturated carbocycles. The Kier molecular flexibility index (Phi) is 5.90. The Morgan fingerprint density at radius 2 is 2.00 bits per heavy atom. The standard InChI is InChI=1S/C16H25NO2S/c1-13(2)15(8-20-14-6-4-3-5-7-14)17-9-16(10-18)11-19-12-16/h3-7,13,15,17-18H,8-12H2,1-2H3. The second-order valence-corrected chi connectivity index (χ2v) is 7.10. The van der Waals surface area contributed by atoms with Crippen LogP contribution in [0.25, 0.3) is 0 Å². The SMILES string of the molecule is CC(C)C(CSc1ccccc1)NCC1(CO)COC1. The monoisotopic (exact) mass is 295 g/mol. The van der Waals surface area contributed by atoms with Crippen LogP contribution >= 0.6 is 11.8 Å². The molecule has 0 bridgehead atoms. The summed E-state index contributed by atoms with van der Waals surface area (Å²) in [6.07, 6.45) is 0. The van der Waals surface area contributed by atoms with Gasteiger partial charge >= 0.3 is 0 Å². The summed E-state index contributed by atoms with van der Waals surface area (Å²) in [4.78, 5) is 1.31. The summed E-state index contributed by atoms with van der Waals surface area (Å²) in [5, 5.41) is 13.1. The van der Waals surface area contributed by atoms with Crippen LogP contribution in [0.1, 0.15) is 13.8 Å². The molecule has 1 saturated heterocycles. The highest BCUT2D eigenvalue weighted by atomic mass is 32.2. The second-order valence-electron chi connectivity index (χ2n) is 6.01. The summed E-state index contributed by atoms with van der Waals surface area (Å²) < 4.78 is 5.25. The molecular formula is C16H25NO2S. The molecule has 1 unspecified atom stereocenters. The van der Waals surface area contributed by atoms with Gasteiger partial charge in [0, 0.05) is 23.2 Å². The molecule has 112 valence electrons. The minimum Gasteiger partial charge on any atom is -0.396 e. The van der Waals surface area contributed by atoms with Gasteiger partial charge in [-0.3, -0.25) is 0 Å². The molecule has 4 heteroatoms. The third-order valence-electron chi connectivity index (χ3n) is 3.87. The topological polar surface area (TPSA) is 41.5 Å². The lowest BCUT2D eigenvalue weighted by Crippen LogP contribution is -2.54. The summed E-state index contributed by atoms with van der Waals surface area (Å²) in [6, 6.07) is 10.9. The van der Waals surface area contributed by atoms with Crippen molar-refractivity contribution in [3.8, 4) is 0 Å². The smallest absolute Gasteiger partial charge is 0.0579 e. The van der Waals surface area contributed by atoms with E-state index in [2.05, 4.69) is 43.4 Å². The van der Waals surface area contributed by atoms with Crippen LogP contribution in [0.5, 0.6) is 0 Å². The van der Waals surface area contributed by atoms with Gasteiger partial charge in [0.15, 0.2) is 0 Å². The molecule has 1 aromatic carbocycles. The number of benzene rings is 1. The molecule has 1 aliphatic rings. The van der Waals surface area contributed by atoms with E-state index in [4.69, 9.17) is 4.74 Å². The van der Waals surface area contributed by atoms with E-state index in [1.165, 1.54) is 4.90 Å². The molecule has 0 spiro atoms. The van der Waals surface area contributed by atoms with Crippen LogP contribution in [0.4, 0.5) is 0 Å². The average molecular weight is 295 g/mol. The van der Waals surface area contributed by atoms with Crippen LogP contribution in [-0.4, -0.2) is 43.3 Å². The maximum Gasteiger partial charge on any atom is 0.0579 e. The van der Waals surface area contributed by atoms with E-state index in [0.717, 1.165) is 12.3 Å². The minimum atomic E-state index is -0.0510. The number of hydrogen-bond acceptors (Lipinski definition) is 4. The van der Waals surface area contributed by atoms with Gasteiger partial charge in [-0.2, -0.15) is 0 Å². The van der Waals surface area contributed by atoms with Crippen LogP contribution in [0.15, 0.2) is 35.2 Å². The fraction of sp³-hybridized carbons (Fsp3) is 0.625. The van der Waals surface area contributed by atoms with Gasteiger partial charge < -0.3 is 15.2 Å². The summed E-state index contributed by atoms with van der Waals surface area (Å²) in [6.45, 7) is 6.87. The van der Waals surface area contributed by atoms with Crippen molar-refractivity contribution in [2.45, 2.75) is 24.8 Å². The van der Waals surface area contributed by atoms with E-state index < -0.39 is 0 Å². The summed E-state index contributed by atoms with van der Waals surface area (Å²) in [5.41, 5.74) is -0.0510. The predicted octanol–water partition coefficient (Wildman–Crippen LogP) is 2.40. The fourth-order valence-electron chi connectivity index (χ4n) is 2.18. The molecule has 0 radical (unpaired) electrons. The van der Waals surface area contributed by atoms with Crippen LogP contribution in [-0.2, 0) is 4.74 Å². The molecule has 20 heavy (non-hydrogen) atoms. The predicted molar refractivity (Wildman–Crippen MR) is 84.1 cm³/mol. The first kappa shape index (κ1) is 15.8. The molecule has 1 atom stereocenters. The molecule has 1 heterocycles. The van der Waals surface area contributed by atoms with E-state index in [-0.39, 0.29) is 12.0 Å². The largest absolute Gasteiger partial charge is 0.396 e.